The number of rotatable bonds is 6. The van der Waals surface area contributed by atoms with Crippen molar-refractivity contribution in [3.8, 4) is 0 Å². The van der Waals surface area contributed by atoms with Gasteiger partial charge in [0.05, 0.1) is 12.2 Å². The number of benzene rings is 1. The number of fused-ring (bicyclic) bond motifs is 1. The molecule has 1 aromatic carbocycles. The zero-order valence-electron chi connectivity index (χ0n) is 15.1. The largest absolute Gasteiger partial charge is 0.370 e. The predicted molar refractivity (Wildman–Crippen MR) is 102 cm³/mol. The fourth-order valence-corrected chi connectivity index (χ4v) is 3.89. The molecule has 138 valence electrons. The van der Waals surface area contributed by atoms with Gasteiger partial charge >= 0.3 is 0 Å². The van der Waals surface area contributed by atoms with Gasteiger partial charge in [0.2, 0.25) is 5.91 Å². The van der Waals surface area contributed by atoms with Crippen LogP contribution in [0.1, 0.15) is 18.4 Å². The van der Waals surface area contributed by atoms with E-state index in [0.717, 1.165) is 57.8 Å². The van der Waals surface area contributed by atoms with E-state index in [1.54, 1.807) is 0 Å². The number of anilines is 1. The first kappa shape index (κ1) is 17.1. The highest BCUT2D eigenvalue weighted by Gasteiger charge is 2.28. The molecule has 0 bridgehead atoms. The number of aromatic nitrogens is 2. The minimum atomic E-state index is -0.158. The van der Waals surface area contributed by atoms with Crippen LogP contribution in [0.2, 0.25) is 0 Å². The van der Waals surface area contributed by atoms with Gasteiger partial charge in [0.25, 0.3) is 0 Å². The summed E-state index contributed by atoms with van der Waals surface area (Å²) in [6, 6.07) is 12.1. The van der Waals surface area contributed by atoms with Gasteiger partial charge in [-0.05, 0) is 24.8 Å². The van der Waals surface area contributed by atoms with Crippen molar-refractivity contribution in [1.29, 1.82) is 0 Å². The lowest BCUT2D eigenvalue weighted by atomic mass is 10.0. The molecule has 1 fully saturated rings. The maximum atomic E-state index is 13.0. The Labute approximate surface area is 154 Å². The first-order valence-electron chi connectivity index (χ1n) is 9.61. The van der Waals surface area contributed by atoms with Crippen LogP contribution in [0.4, 0.5) is 5.82 Å². The molecule has 0 radical (unpaired) electrons. The van der Waals surface area contributed by atoms with Gasteiger partial charge in [0, 0.05) is 44.7 Å². The number of likely N-dealkylation sites (tertiary alicyclic amines) is 1. The van der Waals surface area contributed by atoms with Crippen LogP contribution in [0, 0.1) is 5.92 Å². The first-order chi connectivity index (χ1) is 12.8. The molecule has 2 aliphatic rings. The van der Waals surface area contributed by atoms with Gasteiger partial charge in [0.1, 0.15) is 5.82 Å². The lowest BCUT2D eigenvalue weighted by Crippen LogP contribution is -2.49. The number of carbonyl (C=O) groups is 1. The number of amides is 1. The minimum Gasteiger partial charge on any atom is -0.370 e. The average molecular weight is 353 g/mol. The zero-order chi connectivity index (χ0) is 17.8. The van der Waals surface area contributed by atoms with Crippen molar-refractivity contribution in [3.63, 3.8) is 0 Å². The Morgan fingerprint density at radius 2 is 2.04 bits per heavy atom. The summed E-state index contributed by atoms with van der Waals surface area (Å²) < 4.78 is 2.00. The van der Waals surface area contributed by atoms with Crippen molar-refractivity contribution in [2.24, 2.45) is 5.92 Å². The van der Waals surface area contributed by atoms with Crippen molar-refractivity contribution >= 4 is 11.7 Å². The molecule has 6 nitrogen and oxygen atoms in total. The second-order valence-electron chi connectivity index (χ2n) is 7.33. The lowest BCUT2D eigenvalue weighted by molar-refractivity contribution is -0.132. The highest BCUT2D eigenvalue weighted by atomic mass is 16.2. The van der Waals surface area contributed by atoms with Gasteiger partial charge in [0.15, 0.2) is 0 Å². The maximum Gasteiger partial charge on any atom is 0.240 e. The van der Waals surface area contributed by atoms with E-state index < -0.39 is 0 Å². The van der Waals surface area contributed by atoms with Gasteiger partial charge in [-0.25, -0.2) is 4.68 Å². The molecule has 1 aromatic heterocycles. The second-order valence-corrected chi connectivity index (χ2v) is 7.33. The molecule has 4 rings (SSSR count). The molecule has 1 saturated heterocycles. The molecule has 3 heterocycles. The average Bonchev–Trinajstić information content (AvgIpc) is 3.36. The summed E-state index contributed by atoms with van der Waals surface area (Å²) >= 11 is 0. The predicted octanol–water partition coefficient (Wildman–Crippen LogP) is 1.75. The molecular formula is C20H27N5O. The summed E-state index contributed by atoms with van der Waals surface area (Å²) in [5, 5.41) is 11.3. The molecular weight excluding hydrogens is 326 g/mol. The van der Waals surface area contributed by atoms with E-state index in [1.165, 1.54) is 5.56 Å². The SMILES string of the molecule is O=C([C@H](Cc1ccccc1)NC[C@H]1CNc2ccnn2C1)N1CCCC1. The van der Waals surface area contributed by atoms with Crippen molar-refractivity contribution in [3.05, 3.63) is 48.2 Å². The fraction of sp³-hybridized carbons (Fsp3) is 0.500. The zero-order valence-corrected chi connectivity index (χ0v) is 15.1. The molecule has 0 aliphatic carbocycles. The lowest BCUT2D eigenvalue weighted by Gasteiger charge is -2.29. The third-order valence-electron chi connectivity index (χ3n) is 5.37. The van der Waals surface area contributed by atoms with E-state index in [-0.39, 0.29) is 11.9 Å². The van der Waals surface area contributed by atoms with Gasteiger partial charge in [-0.15, -0.1) is 0 Å². The van der Waals surface area contributed by atoms with Crippen LogP contribution < -0.4 is 10.6 Å². The van der Waals surface area contributed by atoms with E-state index in [1.807, 2.05) is 40.0 Å². The highest BCUT2D eigenvalue weighted by Crippen LogP contribution is 2.17. The molecule has 2 aromatic rings. The summed E-state index contributed by atoms with van der Waals surface area (Å²) in [5.41, 5.74) is 1.20. The van der Waals surface area contributed by atoms with Crippen molar-refractivity contribution in [2.45, 2.75) is 31.8 Å². The Balaban J connectivity index is 1.40. The Hall–Kier alpha value is -2.34. The standard InChI is InChI=1S/C20H27N5O/c26-20(24-10-4-5-11-24)18(12-16-6-2-1-3-7-16)21-13-17-14-22-19-8-9-23-25(19)15-17/h1-3,6-9,17-18,21-22H,4-5,10-15H2/t17-,18-/m0/s1. The molecule has 0 saturated carbocycles. The molecule has 0 unspecified atom stereocenters. The van der Waals surface area contributed by atoms with Crippen LogP contribution in [0.5, 0.6) is 0 Å². The van der Waals surface area contributed by atoms with E-state index in [9.17, 15) is 4.79 Å². The third-order valence-corrected chi connectivity index (χ3v) is 5.37. The van der Waals surface area contributed by atoms with Crippen LogP contribution in [0.15, 0.2) is 42.6 Å². The molecule has 26 heavy (non-hydrogen) atoms. The number of nitrogens with one attached hydrogen (secondary N) is 2. The smallest absolute Gasteiger partial charge is 0.240 e. The Morgan fingerprint density at radius 1 is 1.23 bits per heavy atom. The summed E-state index contributed by atoms with van der Waals surface area (Å²) in [6.45, 7) is 4.40. The number of nitrogens with zero attached hydrogens (tertiary/aromatic N) is 3. The summed E-state index contributed by atoms with van der Waals surface area (Å²) in [5.74, 6) is 1.75. The Kier molecular flexibility index (Phi) is 5.20. The first-order valence-corrected chi connectivity index (χ1v) is 9.61. The molecule has 2 atom stereocenters. The van der Waals surface area contributed by atoms with Crippen LogP contribution in [0.3, 0.4) is 0 Å². The molecule has 2 N–H and O–H groups in total. The Bertz CT molecular complexity index is 723. The van der Waals surface area contributed by atoms with Crippen LogP contribution in [0.25, 0.3) is 0 Å². The third kappa shape index (κ3) is 3.90. The second kappa shape index (κ2) is 7.91. The maximum absolute atomic E-state index is 13.0. The Morgan fingerprint density at radius 3 is 2.85 bits per heavy atom. The van der Waals surface area contributed by atoms with Crippen molar-refractivity contribution in [1.82, 2.24) is 20.0 Å². The van der Waals surface area contributed by atoms with Gasteiger partial charge < -0.3 is 15.5 Å². The van der Waals surface area contributed by atoms with Crippen molar-refractivity contribution < 1.29 is 4.79 Å². The van der Waals surface area contributed by atoms with Gasteiger partial charge in [-0.3, -0.25) is 4.79 Å². The van der Waals surface area contributed by atoms with Gasteiger partial charge in [-0.2, -0.15) is 5.10 Å². The summed E-state index contributed by atoms with van der Waals surface area (Å²) in [7, 11) is 0. The van der Waals surface area contributed by atoms with E-state index in [2.05, 4.69) is 27.9 Å². The normalized spacial score (nSPS) is 20.5. The van der Waals surface area contributed by atoms with E-state index in [4.69, 9.17) is 0 Å². The molecule has 0 spiro atoms. The van der Waals surface area contributed by atoms with Crippen LogP contribution in [-0.2, 0) is 17.8 Å². The van der Waals surface area contributed by atoms with Crippen molar-refractivity contribution in [2.75, 3.05) is 31.5 Å². The minimum absolute atomic E-state index is 0.158. The summed E-state index contributed by atoms with van der Waals surface area (Å²) in [6.07, 6.45) is 4.81. The molecule has 1 amide bonds. The van der Waals surface area contributed by atoms with E-state index >= 15 is 0 Å². The summed E-state index contributed by atoms with van der Waals surface area (Å²) in [4.78, 5) is 15.0. The topological polar surface area (TPSA) is 62.2 Å². The van der Waals surface area contributed by atoms with Crippen LogP contribution in [-0.4, -0.2) is 52.8 Å². The van der Waals surface area contributed by atoms with Crippen LogP contribution >= 0.6 is 0 Å². The molecule has 6 heteroatoms. The van der Waals surface area contributed by atoms with Gasteiger partial charge in [-0.1, -0.05) is 30.3 Å². The number of hydrogen-bond acceptors (Lipinski definition) is 4. The monoisotopic (exact) mass is 353 g/mol. The fourth-order valence-electron chi connectivity index (χ4n) is 3.89. The molecule has 2 aliphatic heterocycles. The number of hydrogen-bond donors (Lipinski definition) is 2. The highest BCUT2D eigenvalue weighted by molar-refractivity contribution is 5.82. The van der Waals surface area contributed by atoms with E-state index in [0.29, 0.717) is 5.92 Å². The quantitative estimate of drug-likeness (QED) is 0.831. The number of carbonyl (C=O) groups excluding carboxylic acids is 1.